The van der Waals surface area contributed by atoms with Crippen LogP contribution in [0.5, 0.6) is 5.75 Å². The largest absolute Gasteiger partial charge is 0.494 e. The molecule has 2 aromatic rings. The zero-order chi connectivity index (χ0) is 13.2. The molecular formula is C15H19ClN2O. The van der Waals surface area contributed by atoms with Crippen molar-refractivity contribution in [1.29, 1.82) is 0 Å². The molecular weight excluding hydrogens is 260 g/mol. The van der Waals surface area contributed by atoms with Gasteiger partial charge in [-0.1, -0.05) is 18.9 Å². The smallest absolute Gasteiger partial charge is 0.146 e. The van der Waals surface area contributed by atoms with Gasteiger partial charge in [-0.25, -0.2) is 4.98 Å². The molecule has 0 atom stereocenters. The van der Waals surface area contributed by atoms with E-state index in [0.717, 1.165) is 36.0 Å². The maximum atomic E-state index is 5.90. The second kappa shape index (κ2) is 5.41. The van der Waals surface area contributed by atoms with Crippen molar-refractivity contribution in [1.82, 2.24) is 9.55 Å². The molecule has 1 aliphatic rings. The minimum Gasteiger partial charge on any atom is -0.494 e. The molecule has 1 saturated carbocycles. The van der Waals surface area contributed by atoms with Crippen molar-refractivity contribution in [3.63, 3.8) is 0 Å². The summed E-state index contributed by atoms with van der Waals surface area (Å²) in [4.78, 5) is 4.73. The average Bonchev–Trinajstić information content (AvgIpc) is 3.18. The molecule has 3 nitrogen and oxygen atoms in total. The lowest BCUT2D eigenvalue weighted by Crippen LogP contribution is -2.05. The van der Waals surface area contributed by atoms with Gasteiger partial charge in [0.15, 0.2) is 0 Å². The number of rotatable bonds is 6. The fourth-order valence-electron chi connectivity index (χ4n) is 2.58. The van der Waals surface area contributed by atoms with E-state index in [1.165, 1.54) is 24.8 Å². The highest BCUT2D eigenvalue weighted by molar-refractivity contribution is 6.17. The first-order valence-corrected chi connectivity index (χ1v) is 7.45. The fourth-order valence-corrected chi connectivity index (χ4v) is 2.75. The van der Waals surface area contributed by atoms with E-state index in [2.05, 4.69) is 10.6 Å². The number of nitrogens with zero attached hydrogens (tertiary/aromatic N) is 2. The monoisotopic (exact) mass is 278 g/mol. The molecule has 0 amide bonds. The number of para-hydroxylation sites is 1. The number of alkyl halides is 1. The van der Waals surface area contributed by atoms with Crippen molar-refractivity contribution >= 4 is 22.6 Å². The number of methoxy groups -OCH3 is 1. The Morgan fingerprint density at radius 2 is 2.26 bits per heavy atom. The molecule has 1 aromatic heterocycles. The summed E-state index contributed by atoms with van der Waals surface area (Å²) in [7, 11) is 1.69. The van der Waals surface area contributed by atoms with Crippen LogP contribution in [0, 0.1) is 5.92 Å². The first-order valence-electron chi connectivity index (χ1n) is 6.91. The van der Waals surface area contributed by atoms with Crippen LogP contribution >= 0.6 is 11.6 Å². The Morgan fingerprint density at radius 3 is 2.95 bits per heavy atom. The van der Waals surface area contributed by atoms with Gasteiger partial charge in [0.05, 0.1) is 12.6 Å². The number of benzene rings is 1. The normalized spacial score (nSPS) is 15.1. The van der Waals surface area contributed by atoms with Crippen molar-refractivity contribution in [2.24, 2.45) is 5.92 Å². The Labute approximate surface area is 118 Å². The predicted octanol–water partition coefficient (Wildman–Crippen LogP) is 3.63. The van der Waals surface area contributed by atoms with Crippen molar-refractivity contribution in [3.8, 4) is 5.75 Å². The predicted molar refractivity (Wildman–Crippen MR) is 78.1 cm³/mol. The van der Waals surface area contributed by atoms with Gasteiger partial charge < -0.3 is 9.30 Å². The van der Waals surface area contributed by atoms with Crippen LogP contribution < -0.4 is 4.74 Å². The lowest BCUT2D eigenvalue weighted by Gasteiger charge is -2.08. The first kappa shape index (κ1) is 12.8. The Balaban J connectivity index is 2.01. The van der Waals surface area contributed by atoms with Crippen molar-refractivity contribution < 1.29 is 4.74 Å². The zero-order valence-corrected chi connectivity index (χ0v) is 12.0. The number of imidazole rings is 1. The van der Waals surface area contributed by atoms with Gasteiger partial charge in [0.1, 0.15) is 17.1 Å². The van der Waals surface area contributed by atoms with Crippen LogP contribution in [0.4, 0.5) is 0 Å². The summed E-state index contributed by atoms with van der Waals surface area (Å²) in [5, 5.41) is 0. The molecule has 0 spiro atoms. The Morgan fingerprint density at radius 1 is 1.42 bits per heavy atom. The molecule has 0 aliphatic heterocycles. The summed E-state index contributed by atoms with van der Waals surface area (Å²) in [6.45, 7) is 1.04. The molecule has 1 aromatic carbocycles. The highest BCUT2D eigenvalue weighted by atomic mass is 35.5. The summed E-state index contributed by atoms with van der Waals surface area (Å²) in [6, 6.07) is 6.11. The molecule has 19 heavy (non-hydrogen) atoms. The van der Waals surface area contributed by atoms with Crippen LogP contribution in [-0.2, 0) is 13.0 Å². The molecule has 1 fully saturated rings. The summed E-state index contributed by atoms with van der Waals surface area (Å²) < 4.78 is 7.72. The number of halogens is 1. The van der Waals surface area contributed by atoms with Crippen LogP contribution in [0.2, 0.25) is 0 Å². The summed E-state index contributed by atoms with van der Waals surface area (Å²) in [5.74, 6) is 3.45. The highest BCUT2D eigenvalue weighted by Gasteiger charge is 2.22. The number of ether oxygens (including phenoxy) is 1. The van der Waals surface area contributed by atoms with Gasteiger partial charge in [-0.05, 0) is 24.5 Å². The molecule has 0 radical (unpaired) electrons. The van der Waals surface area contributed by atoms with E-state index in [9.17, 15) is 0 Å². The highest BCUT2D eigenvalue weighted by Crippen LogP contribution is 2.34. The number of aryl methyl sites for hydroxylation is 2. The molecule has 0 unspecified atom stereocenters. The molecule has 3 rings (SSSR count). The molecule has 102 valence electrons. The summed E-state index contributed by atoms with van der Waals surface area (Å²) >= 11 is 5.90. The molecule has 0 saturated heterocycles. The van der Waals surface area contributed by atoms with Crippen LogP contribution in [0.15, 0.2) is 18.2 Å². The molecule has 4 heteroatoms. The lowest BCUT2D eigenvalue weighted by molar-refractivity contribution is 0.419. The molecule has 0 bridgehead atoms. The third-order valence-corrected chi connectivity index (χ3v) is 4.01. The SMILES string of the molecule is COc1cccc2c1nc(CCCl)n2CCC1CC1. The lowest BCUT2D eigenvalue weighted by atomic mass is 10.2. The van der Waals surface area contributed by atoms with Gasteiger partial charge in [-0.3, -0.25) is 0 Å². The first-order chi connectivity index (χ1) is 9.33. The van der Waals surface area contributed by atoms with E-state index < -0.39 is 0 Å². The van der Waals surface area contributed by atoms with Gasteiger partial charge in [0.2, 0.25) is 0 Å². The Kier molecular flexibility index (Phi) is 3.65. The third kappa shape index (κ3) is 2.57. The van der Waals surface area contributed by atoms with Crippen LogP contribution in [-0.4, -0.2) is 22.5 Å². The maximum Gasteiger partial charge on any atom is 0.146 e. The van der Waals surface area contributed by atoms with Gasteiger partial charge in [-0.15, -0.1) is 11.6 Å². The molecule has 1 heterocycles. The van der Waals surface area contributed by atoms with Gasteiger partial charge in [0.25, 0.3) is 0 Å². The zero-order valence-electron chi connectivity index (χ0n) is 11.2. The van der Waals surface area contributed by atoms with Crippen LogP contribution in [0.3, 0.4) is 0 Å². The quantitative estimate of drug-likeness (QED) is 0.755. The third-order valence-electron chi connectivity index (χ3n) is 3.82. The van der Waals surface area contributed by atoms with E-state index in [0.29, 0.717) is 5.88 Å². The number of aromatic nitrogens is 2. The average molecular weight is 279 g/mol. The minimum atomic E-state index is 0.606. The standard InChI is InChI=1S/C15H19ClN2O/c1-19-13-4-2-3-12-15(13)17-14(7-9-16)18(12)10-8-11-5-6-11/h2-4,11H,5-10H2,1H3. The van der Waals surface area contributed by atoms with Crippen molar-refractivity contribution in [2.45, 2.75) is 32.2 Å². The van der Waals surface area contributed by atoms with E-state index in [4.69, 9.17) is 21.3 Å². The number of hydrogen-bond donors (Lipinski definition) is 0. The van der Waals surface area contributed by atoms with Crippen molar-refractivity contribution in [3.05, 3.63) is 24.0 Å². The Hall–Kier alpha value is -1.22. The second-order valence-electron chi connectivity index (χ2n) is 5.18. The molecule has 1 aliphatic carbocycles. The number of fused-ring (bicyclic) bond motifs is 1. The summed E-state index contributed by atoms with van der Waals surface area (Å²) in [6.07, 6.45) is 4.84. The van der Waals surface area contributed by atoms with Crippen molar-refractivity contribution in [2.75, 3.05) is 13.0 Å². The minimum absolute atomic E-state index is 0.606. The van der Waals surface area contributed by atoms with Crippen LogP contribution in [0.1, 0.15) is 25.1 Å². The van der Waals surface area contributed by atoms with Gasteiger partial charge in [0, 0.05) is 18.8 Å². The van der Waals surface area contributed by atoms with E-state index >= 15 is 0 Å². The topological polar surface area (TPSA) is 27.1 Å². The maximum absolute atomic E-state index is 5.90. The number of hydrogen-bond acceptors (Lipinski definition) is 2. The van der Waals surface area contributed by atoms with Crippen LogP contribution in [0.25, 0.3) is 11.0 Å². The van der Waals surface area contributed by atoms with Gasteiger partial charge in [-0.2, -0.15) is 0 Å². The van der Waals surface area contributed by atoms with E-state index in [-0.39, 0.29) is 0 Å². The molecule has 0 N–H and O–H groups in total. The summed E-state index contributed by atoms with van der Waals surface area (Å²) in [5.41, 5.74) is 2.13. The Bertz CT molecular complexity index is 575. The second-order valence-corrected chi connectivity index (χ2v) is 5.56. The fraction of sp³-hybridized carbons (Fsp3) is 0.533. The van der Waals surface area contributed by atoms with E-state index in [1.807, 2.05) is 12.1 Å². The van der Waals surface area contributed by atoms with E-state index in [1.54, 1.807) is 7.11 Å². The van der Waals surface area contributed by atoms with Gasteiger partial charge >= 0.3 is 0 Å².